The van der Waals surface area contributed by atoms with Gasteiger partial charge in [0.25, 0.3) is 0 Å². The number of thiophene rings is 1. The number of nitrogens with one attached hydrogen (secondary N) is 1. The number of hydrogen-bond acceptors (Lipinski definition) is 6. The van der Waals surface area contributed by atoms with Crippen LogP contribution in [0.15, 0.2) is 11.4 Å². The molecule has 2 aromatic rings. The molecule has 2 aliphatic rings. The summed E-state index contributed by atoms with van der Waals surface area (Å²) < 4.78 is 5.38. The van der Waals surface area contributed by atoms with E-state index in [1.807, 2.05) is 11.3 Å². The SMILES string of the molecule is O[C@@H](CSc1ncnc2sc3c(c12)CCCC3)C[NH+]1CCOCC1. The highest BCUT2D eigenvalue weighted by Gasteiger charge is 2.22. The van der Waals surface area contributed by atoms with Crippen LogP contribution in [-0.2, 0) is 17.6 Å². The van der Waals surface area contributed by atoms with E-state index < -0.39 is 0 Å². The summed E-state index contributed by atoms with van der Waals surface area (Å²) in [6.07, 6.45) is 6.26. The van der Waals surface area contributed by atoms with Crippen LogP contribution in [0.1, 0.15) is 23.3 Å². The number of nitrogens with zero attached hydrogens (tertiary/aromatic N) is 2. The Labute approximate surface area is 150 Å². The Morgan fingerprint density at radius 2 is 2.08 bits per heavy atom. The molecule has 1 aliphatic carbocycles. The van der Waals surface area contributed by atoms with Crippen molar-refractivity contribution in [2.24, 2.45) is 0 Å². The van der Waals surface area contributed by atoms with Gasteiger partial charge in [-0.15, -0.1) is 23.1 Å². The first-order chi connectivity index (χ1) is 11.8. The second-order valence-electron chi connectivity index (χ2n) is 6.60. The van der Waals surface area contributed by atoms with Gasteiger partial charge in [-0.05, 0) is 31.2 Å². The lowest BCUT2D eigenvalue weighted by Crippen LogP contribution is -3.15. The second-order valence-corrected chi connectivity index (χ2v) is 8.69. The van der Waals surface area contributed by atoms with E-state index in [-0.39, 0.29) is 6.10 Å². The summed E-state index contributed by atoms with van der Waals surface area (Å²) in [5.74, 6) is 0.696. The highest BCUT2D eigenvalue weighted by molar-refractivity contribution is 7.99. The first kappa shape index (κ1) is 16.7. The third kappa shape index (κ3) is 3.60. The molecule has 0 radical (unpaired) electrons. The Balaban J connectivity index is 1.45. The Morgan fingerprint density at radius 1 is 1.25 bits per heavy atom. The molecule has 0 amide bonds. The minimum atomic E-state index is -0.303. The van der Waals surface area contributed by atoms with Gasteiger partial charge >= 0.3 is 0 Å². The number of aliphatic hydroxyl groups is 1. The molecule has 0 unspecified atom stereocenters. The fraction of sp³-hybridized carbons (Fsp3) is 0.647. The molecule has 1 atom stereocenters. The molecule has 7 heteroatoms. The third-order valence-electron chi connectivity index (χ3n) is 4.85. The van der Waals surface area contributed by atoms with Gasteiger partial charge in [0.15, 0.2) is 0 Å². The summed E-state index contributed by atoms with van der Waals surface area (Å²) in [6.45, 7) is 4.41. The molecule has 5 nitrogen and oxygen atoms in total. The van der Waals surface area contributed by atoms with Crippen molar-refractivity contribution < 1.29 is 14.7 Å². The van der Waals surface area contributed by atoms with Crippen molar-refractivity contribution in [3.63, 3.8) is 0 Å². The van der Waals surface area contributed by atoms with Gasteiger partial charge in [-0.1, -0.05) is 0 Å². The van der Waals surface area contributed by atoms with E-state index >= 15 is 0 Å². The number of morpholine rings is 1. The van der Waals surface area contributed by atoms with Crippen LogP contribution >= 0.6 is 23.1 Å². The summed E-state index contributed by atoms with van der Waals surface area (Å²) in [6, 6.07) is 0. The third-order valence-corrected chi connectivity index (χ3v) is 7.19. The Bertz CT molecular complexity index is 700. The quantitative estimate of drug-likeness (QED) is 0.609. The Hall–Kier alpha value is -0.730. The Kier molecular flexibility index (Phi) is 5.34. The fourth-order valence-corrected chi connectivity index (χ4v) is 5.85. The summed E-state index contributed by atoms with van der Waals surface area (Å²) in [7, 11) is 0. The number of aliphatic hydroxyl groups excluding tert-OH is 1. The van der Waals surface area contributed by atoms with Gasteiger partial charge in [-0.25, -0.2) is 9.97 Å². The van der Waals surface area contributed by atoms with E-state index in [4.69, 9.17) is 4.74 Å². The van der Waals surface area contributed by atoms with Crippen LogP contribution in [0.5, 0.6) is 0 Å². The van der Waals surface area contributed by atoms with Gasteiger partial charge < -0.3 is 14.7 Å². The monoisotopic (exact) mass is 366 g/mol. The van der Waals surface area contributed by atoms with E-state index in [0.29, 0.717) is 5.75 Å². The number of thioether (sulfide) groups is 1. The number of fused-ring (bicyclic) bond motifs is 3. The van der Waals surface area contributed by atoms with Crippen molar-refractivity contribution in [1.29, 1.82) is 0 Å². The average Bonchev–Trinajstić information content (AvgIpc) is 3.00. The molecule has 2 aromatic heterocycles. The smallest absolute Gasteiger partial charge is 0.128 e. The number of aromatic nitrogens is 2. The van der Waals surface area contributed by atoms with E-state index in [0.717, 1.165) is 49.1 Å². The summed E-state index contributed by atoms with van der Waals surface area (Å²) in [5.41, 5.74) is 1.47. The molecule has 0 spiro atoms. The molecule has 0 saturated carbocycles. The van der Waals surface area contributed by atoms with Crippen molar-refractivity contribution in [1.82, 2.24) is 9.97 Å². The minimum absolute atomic E-state index is 0.303. The minimum Gasteiger partial charge on any atom is -0.386 e. The van der Waals surface area contributed by atoms with Gasteiger partial charge in [-0.3, -0.25) is 0 Å². The van der Waals surface area contributed by atoms with Gasteiger partial charge in [0.2, 0.25) is 0 Å². The molecule has 130 valence electrons. The molecule has 2 N–H and O–H groups in total. The molecule has 0 aromatic carbocycles. The fourth-order valence-electron chi connectivity index (χ4n) is 3.60. The van der Waals surface area contributed by atoms with E-state index in [1.165, 1.54) is 40.0 Å². The molecule has 1 saturated heterocycles. The highest BCUT2D eigenvalue weighted by atomic mass is 32.2. The number of quaternary nitrogens is 1. The van der Waals surface area contributed by atoms with E-state index in [9.17, 15) is 5.11 Å². The molecular weight excluding hydrogens is 342 g/mol. The number of ether oxygens (including phenoxy) is 1. The van der Waals surface area contributed by atoms with Crippen molar-refractivity contribution in [3.05, 3.63) is 16.8 Å². The van der Waals surface area contributed by atoms with Crippen molar-refractivity contribution in [2.45, 2.75) is 36.8 Å². The molecule has 4 rings (SSSR count). The first-order valence-corrected chi connectivity index (χ1v) is 10.6. The highest BCUT2D eigenvalue weighted by Crippen LogP contribution is 2.39. The molecule has 24 heavy (non-hydrogen) atoms. The number of aryl methyl sites for hydroxylation is 2. The number of hydrogen-bond donors (Lipinski definition) is 2. The summed E-state index contributed by atoms with van der Waals surface area (Å²) in [4.78, 5) is 13.1. The topological polar surface area (TPSA) is 59.7 Å². The summed E-state index contributed by atoms with van der Waals surface area (Å²) in [5, 5.41) is 12.7. The zero-order chi connectivity index (χ0) is 16.4. The largest absolute Gasteiger partial charge is 0.386 e. The van der Waals surface area contributed by atoms with Crippen LogP contribution < -0.4 is 4.90 Å². The number of rotatable bonds is 5. The van der Waals surface area contributed by atoms with Crippen LogP contribution in [0.2, 0.25) is 0 Å². The lowest BCUT2D eigenvalue weighted by atomic mass is 9.97. The Morgan fingerprint density at radius 3 is 2.96 bits per heavy atom. The van der Waals surface area contributed by atoms with Crippen molar-refractivity contribution in [2.75, 3.05) is 38.6 Å². The zero-order valence-electron chi connectivity index (χ0n) is 13.8. The average molecular weight is 367 g/mol. The predicted molar refractivity (Wildman–Crippen MR) is 97.2 cm³/mol. The molecular formula is C17H24N3O2S2+. The second kappa shape index (κ2) is 7.66. The first-order valence-electron chi connectivity index (χ1n) is 8.78. The maximum Gasteiger partial charge on any atom is 0.128 e. The molecule has 1 aliphatic heterocycles. The van der Waals surface area contributed by atoms with Crippen LogP contribution in [0.3, 0.4) is 0 Å². The molecule has 0 bridgehead atoms. The molecule has 1 fully saturated rings. The lowest BCUT2D eigenvalue weighted by molar-refractivity contribution is -0.910. The summed E-state index contributed by atoms with van der Waals surface area (Å²) >= 11 is 3.52. The van der Waals surface area contributed by atoms with Crippen LogP contribution in [0.4, 0.5) is 0 Å². The standard InChI is InChI=1S/C17H23N3O2S2/c21-12(9-20-5-7-22-8-6-20)10-23-16-15-13-3-1-2-4-14(13)24-17(15)19-11-18-16/h11-12,21H,1-10H2/p+1/t12-/m1/s1. The predicted octanol–water partition coefficient (Wildman–Crippen LogP) is 0.938. The van der Waals surface area contributed by atoms with Crippen LogP contribution in [0.25, 0.3) is 10.2 Å². The lowest BCUT2D eigenvalue weighted by Gasteiger charge is -2.25. The van der Waals surface area contributed by atoms with Gasteiger partial charge in [0.05, 0.1) is 13.2 Å². The van der Waals surface area contributed by atoms with Crippen molar-refractivity contribution in [3.8, 4) is 0 Å². The van der Waals surface area contributed by atoms with E-state index in [1.54, 1.807) is 18.1 Å². The van der Waals surface area contributed by atoms with Gasteiger partial charge in [0.1, 0.15) is 41.9 Å². The maximum absolute atomic E-state index is 10.4. The van der Waals surface area contributed by atoms with Crippen molar-refractivity contribution >= 4 is 33.3 Å². The van der Waals surface area contributed by atoms with E-state index in [2.05, 4.69) is 9.97 Å². The maximum atomic E-state index is 10.4. The molecule has 3 heterocycles. The van der Waals surface area contributed by atoms with Gasteiger partial charge in [0, 0.05) is 16.0 Å². The van der Waals surface area contributed by atoms with Gasteiger partial charge in [-0.2, -0.15) is 0 Å². The van der Waals surface area contributed by atoms with Crippen LogP contribution in [0, 0.1) is 0 Å². The zero-order valence-corrected chi connectivity index (χ0v) is 15.4. The normalized spacial score (nSPS) is 20.2. The van der Waals surface area contributed by atoms with Crippen LogP contribution in [-0.4, -0.2) is 59.8 Å².